The molecular weight excluding hydrogens is 226 g/mol. The summed E-state index contributed by atoms with van der Waals surface area (Å²) in [6.45, 7) is 5.87. The second kappa shape index (κ2) is 6.84. The Morgan fingerprint density at radius 2 is 1.94 bits per heavy atom. The van der Waals surface area contributed by atoms with Crippen molar-refractivity contribution in [2.45, 2.75) is 33.2 Å². The van der Waals surface area contributed by atoms with Crippen LogP contribution in [0.2, 0.25) is 0 Å². The summed E-state index contributed by atoms with van der Waals surface area (Å²) in [7, 11) is 1.64. The molecule has 0 unspecified atom stereocenters. The van der Waals surface area contributed by atoms with Gasteiger partial charge in [-0.05, 0) is 38.0 Å². The van der Waals surface area contributed by atoms with Gasteiger partial charge in [0, 0.05) is 6.08 Å². The van der Waals surface area contributed by atoms with Crippen molar-refractivity contribution in [3.8, 4) is 5.75 Å². The molecule has 0 spiro atoms. The first-order valence-corrected chi connectivity index (χ1v) is 6.16. The van der Waals surface area contributed by atoms with E-state index in [9.17, 15) is 4.79 Å². The number of ether oxygens (including phenoxy) is 1. The number of rotatable bonds is 5. The van der Waals surface area contributed by atoms with Gasteiger partial charge in [0.1, 0.15) is 5.75 Å². The molecule has 0 aliphatic rings. The van der Waals surface area contributed by atoms with E-state index in [1.54, 1.807) is 13.2 Å². The second-order valence-electron chi connectivity index (χ2n) is 4.46. The minimum Gasteiger partial charge on any atom is -0.497 e. The molecule has 1 atom stereocenters. The number of nitrogens with one attached hydrogen (secondary N) is 1. The number of allylic oxidation sites excluding steroid dienone is 1. The van der Waals surface area contributed by atoms with Crippen LogP contribution in [-0.4, -0.2) is 13.0 Å². The summed E-state index contributed by atoms with van der Waals surface area (Å²) in [4.78, 5) is 11.7. The largest absolute Gasteiger partial charge is 0.497 e. The van der Waals surface area contributed by atoms with E-state index in [0.29, 0.717) is 0 Å². The number of carbonyl (C=O) groups excluding carboxylic acids is 1. The maximum absolute atomic E-state index is 11.7. The Hall–Kier alpha value is -1.77. The minimum atomic E-state index is -0.0438. The first-order chi connectivity index (χ1) is 8.56. The number of hydrogen-bond acceptors (Lipinski definition) is 2. The van der Waals surface area contributed by atoms with Gasteiger partial charge in [-0.25, -0.2) is 0 Å². The van der Waals surface area contributed by atoms with E-state index in [2.05, 4.69) is 12.2 Å². The van der Waals surface area contributed by atoms with E-state index < -0.39 is 0 Å². The molecule has 0 aliphatic carbocycles. The van der Waals surface area contributed by atoms with E-state index in [-0.39, 0.29) is 11.9 Å². The average Bonchev–Trinajstić information content (AvgIpc) is 2.35. The van der Waals surface area contributed by atoms with Gasteiger partial charge in [-0.15, -0.1) is 0 Å². The van der Waals surface area contributed by atoms with Crippen molar-refractivity contribution >= 4 is 5.91 Å². The summed E-state index contributed by atoms with van der Waals surface area (Å²) < 4.78 is 5.12. The van der Waals surface area contributed by atoms with Crippen LogP contribution in [0.3, 0.4) is 0 Å². The van der Waals surface area contributed by atoms with Crippen molar-refractivity contribution in [1.29, 1.82) is 0 Å². The fourth-order valence-corrected chi connectivity index (χ4v) is 1.73. The molecule has 1 amide bonds. The predicted octanol–water partition coefficient (Wildman–Crippen LogP) is 3.23. The molecule has 0 saturated carbocycles. The normalized spacial score (nSPS) is 11.6. The summed E-state index contributed by atoms with van der Waals surface area (Å²) in [6.07, 6.45) is 2.47. The molecular formula is C15H21NO2. The lowest BCUT2D eigenvalue weighted by Crippen LogP contribution is -2.26. The quantitative estimate of drug-likeness (QED) is 0.811. The highest BCUT2D eigenvalue weighted by molar-refractivity contribution is 5.88. The van der Waals surface area contributed by atoms with E-state index in [1.165, 1.54) is 0 Å². The third-order valence-corrected chi connectivity index (χ3v) is 2.66. The van der Waals surface area contributed by atoms with Crippen molar-refractivity contribution in [3.63, 3.8) is 0 Å². The molecule has 0 bridgehead atoms. The van der Waals surface area contributed by atoms with Gasteiger partial charge in [0.15, 0.2) is 0 Å². The third kappa shape index (κ3) is 4.24. The summed E-state index contributed by atoms with van der Waals surface area (Å²) in [5.74, 6) is 0.780. The summed E-state index contributed by atoms with van der Waals surface area (Å²) in [6, 6.07) is 7.82. The molecule has 3 heteroatoms. The summed E-state index contributed by atoms with van der Waals surface area (Å²) in [5.41, 5.74) is 2.09. The number of methoxy groups -OCH3 is 1. The van der Waals surface area contributed by atoms with Gasteiger partial charge < -0.3 is 10.1 Å². The third-order valence-electron chi connectivity index (χ3n) is 2.66. The van der Waals surface area contributed by atoms with E-state index in [1.807, 2.05) is 38.1 Å². The van der Waals surface area contributed by atoms with Crippen LogP contribution in [0, 0.1) is 0 Å². The Labute approximate surface area is 109 Å². The van der Waals surface area contributed by atoms with Gasteiger partial charge in [-0.1, -0.05) is 24.6 Å². The Kier molecular flexibility index (Phi) is 5.43. The monoisotopic (exact) mass is 247 g/mol. The number of amides is 1. The van der Waals surface area contributed by atoms with Crippen LogP contribution >= 0.6 is 0 Å². The van der Waals surface area contributed by atoms with Gasteiger partial charge in [-0.3, -0.25) is 4.79 Å². The van der Waals surface area contributed by atoms with Gasteiger partial charge in [-0.2, -0.15) is 0 Å². The Balaban J connectivity index is 2.76. The lowest BCUT2D eigenvalue weighted by Gasteiger charge is -2.16. The first kappa shape index (κ1) is 14.3. The smallest absolute Gasteiger partial charge is 0.244 e. The van der Waals surface area contributed by atoms with Gasteiger partial charge >= 0.3 is 0 Å². The van der Waals surface area contributed by atoms with Crippen LogP contribution in [0.15, 0.2) is 35.9 Å². The summed E-state index contributed by atoms with van der Waals surface area (Å²) >= 11 is 0. The maximum Gasteiger partial charge on any atom is 0.244 e. The molecule has 0 heterocycles. The van der Waals surface area contributed by atoms with Gasteiger partial charge in [0.25, 0.3) is 0 Å². The molecule has 0 saturated heterocycles. The highest BCUT2D eigenvalue weighted by atomic mass is 16.5. The van der Waals surface area contributed by atoms with Crippen molar-refractivity contribution in [1.82, 2.24) is 5.32 Å². The molecule has 1 N–H and O–H groups in total. The van der Waals surface area contributed by atoms with Crippen molar-refractivity contribution < 1.29 is 9.53 Å². The molecule has 0 fully saturated rings. The van der Waals surface area contributed by atoms with E-state index in [0.717, 1.165) is 23.3 Å². The van der Waals surface area contributed by atoms with Crippen LogP contribution in [0.25, 0.3) is 0 Å². The highest BCUT2D eigenvalue weighted by Gasteiger charge is 2.11. The molecule has 3 nitrogen and oxygen atoms in total. The van der Waals surface area contributed by atoms with Crippen LogP contribution in [0.4, 0.5) is 0 Å². The van der Waals surface area contributed by atoms with Crippen LogP contribution in [-0.2, 0) is 4.79 Å². The first-order valence-electron chi connectivity index (χ1n) is 6.16. The Bertz CT molecular complexity index is 417. The fourth-order valence-electron chi connectivity index (χ4n) is 1.73. The molecule has 0 radical (unpaired) electrons. The Morgan fingerprint density at radius 3 is 2.39 bits per heavy atom. The van der Waals surface area contributed by atoms with E-state index in [4.69, 9.17) is 4.74 Å². The SMILES string of the molecule is CC[C@@H](NC(=O)C=C(C)C)c1ccc(OC)cc1. The highest BCUT2D eigenvalue weighted by Crippen LogP contribution is 2.20. The zero-order valence-electron chi connectivity index (χ0n) is 11.5. The minimum absolute atomic E-state index is 0.0407. The van der Waals surface area contributed by atoms with Gasteiger partial charge in [0.05, 0.1) is 13.2 Å². The molecule has 0 aromatic heterocycles. The number of benzene rings is 1. The lowest BCUT2D eigenvalue weighted by atomic mass is 10.0. The van der Waals surface area contributed by atoms with Crippen molar-refractivity contribution in [2.75, 3.05) is 7.11 Å². The molecule has 98 valence electrons. The molecule has 1 rings (SSSR count). The van der Waals surface area contributed by atoms with Gasteiger partial charge in [0.2, 0.25) is 5.91 Å². The van der Waals surface area contributed by atoms with Crippen molar-refractivity contribution in [3.05, 3.63) is 41.5 Å². The predicted molar refractivity (Wildman–Crippen MR) is 73.6 cm³/mol. The Morgan fingerprint density at radius 1 is 1.33 bits per heavy atom. The standard InChI is InChI=1S/C15H21NO2/c1-5-14(16-15(17)10-11(2)3)12-6-8-13(18-4)9-7-12/h6-10,14H,5H2,1-4H3,(H,16,17)/t14-/m1/s1. The average molecular weight is 247 g/mol. The second-order valence-corrected chi connectivity index (χ2v) is 4.46. The topological polar surface area (TPSA) is 38.3 Å². The molecule has 18 heavy (non-hydrogen) atoms. The van der Waals surface area contributed by atoms with Crippen molar-refractivity contribution in [2.24, 2.45) is 0 Å². The maximum atomic E-state index is 11.7. The lowest BCUT2D eigenvalue weighted by molar-refractivity contribution is -0.117. The van der Waals surface area contributed by atoms with Crippen LogP contribution < -0.4 is 10.1 Å². The van der Waals surface area contributed by atoms with E-state index >= 15 is 0 Å². The summed E-state index contributed by atoms with van der Waals surface area (Å²) in [5, 5.41) is 3.00. The molecule has 1 aromatic carbocycles. The van der Waals surface area contributed by atoms with Crippen LogP contribution in [0.5, 0.6) is 5.75 Å². The fraction of sp³-hybridized carbons (Fsp3) is 0.400. The number of hydrogen-bond donors (Lipinski definition) is 1. The van der Waals surface area contributed by atoms with Crippen LogP contribution in [0.1, 0.15) is 38.8 Å². The zero-order chi connectivity index (χ0) is 13.5. The number of carbonyl (C=O) groups is 1. The molecule has 0 aliphatic heterocycles. The molecule has 1 aromatic rings. The zero-order valence-corrected chi connectivity index (χ0v) is 11.5.